The highest BCUT2D eigenvalue weighted by atomic mass is 15.1. The molecule has 0 bridgehead atoms. The molecule has 0 fully saturated rings. The number of likely N-dealkylation sites (N-methyl/N-ethyl adjacent to an activating group) is 1. The molecule has 1 heterocycles. The lowest BCUT2D eigenvalue weighted by atomic mass is 9.76. The van der Waals surface area contributed by atoms with Gasteiger partial charge in [0.05, 0.1) is 0 Å². The van der Waals surface area contributed by atoms with Crippen molar-refractivity contribution in [1.29, 1.82) is 0 Å². The van der Waals surface area contributed by atoms with Crippen molar-refractivity contribution in [3.05, 3.63) is 71.4 Å². The van der Waals surface area contributed by atoms with Crippen LogP contribution in [0.5, 0.6) is 0 Å². The number of hydrogen-bond acceptors (Lipinski definition) is 1. The summed E-state index contributed by atoms with van der Waals surface area (Å²) in [5.74, 6) is 0.491. The third-order valence-corrected chi connectivity index (χ3v) is 5.11. The minimum atomic E-state index is 0.491. The molecule has 112 valence electrons. The molecular formula is C20H22N2. The van der Waals surface area contributed by atoms with Crippen LogP contribution in [0.15, 0.2) is 54.7 Å². The lowest BCUT2D eigenvalue weighted by Crippen LogP contribution is -2.35. The number of rotatable bonds is 2. The first-order valence-electron chi connectivity index (χ1n) is 8.03. The zero-order valence-corrected chi connectivity index (χ0v) is 13.2. The number of H-pyrrole nitrogens is 1. The van der Waals surface area contributed by atoms with Gasteiger partial charge in [-0.1, -0.05) is 36.4 Å². The average Bonchev–Trinajstić information content (AvgIpc) is 3.01. The maximum atomic E-state index is 3.35. The van der Waals surface area contributed by atoms with Gasteiger partial charge in [-0.05, 0) is 61.1 Å². The van der Waals surface area contributed by atoms with E-state index >= 15 is 0 Å². The Morgan fingerprint density at radius 3 is 2.77 bits per heavy atom. The average molecular weight is 290 g/mol. The third-order valence-electron chi connectivity index (χ3n) is 5.11. The molecule has 1 aliphatic rings. The Morgan fingerprint density at radius 1 is 1.05 bits per heavy atom. The topological polar surface area (TPSA) is 19.0 Å². The first-order chi connectivity index (χ1) is 10.7. The van der Waals surface area contributed by atoms with Crippen molar-refractivity contribution in [3.63, 3.8) is 0 Å². The van der Waals surface area contributed by atoms with Crippen LogP contribution in [0.1, 0.15) is 29.0 Å². The Labute approximate surface area is 131 Å². The molecule has 1 aromatic heterocycles. The molecule has 0 amide bonds. The molecule has 2 nitrogen and oxygen atoms in total. The molecule has 2 unspecified atom stereocenters. The van der Waals surface area contributed by atoms with Gasteiger partial charge in [-0.3, -0.25) is 0 Å². The zero-order chi connectivity index (χ0) is 15.1. The van der Waals surface area contributed by atoms with Gasteiger partial charge in [0.25, 0.3) is 0 Å². The highest BCUT2D eigenvalue weighted by Crippen LogP contribution is 2.38. The predicted molar refractivity (Wildman–Crippen MR) is 92.4 cm³/mol. The third kappa shape index (κ3) is 2.24. The smallest absolute Gasteiger partial charge is 0.0456 e. The molecule has 2 atom stereocenters. The number of benzene rings is 2. The standard InChI is InChI=1S/C20H22N2/c1-22(2)17-11-15-5-3-4-6-18(15)19(13-17)16-8-7-14-9-10-21-20(14)12-16/h3-10,12,17,19,21H,11,13H2,1-2H3. The van der Waals surface area contributed by atoms with Crippen molar-refractivity contribution in [2.24, 2.45) is 0 Å². The second kappa shape index (κ2) is 5.29. The molecule has 0 spiro atoms. The number of fused-ring (bicyclic) bond motifs is 2. The van der Waals surface area contributed by atoms with E-state index in [4.69, 9.17) is 0 Å². The van der Waals surface area contributed by atoms with Gasteiger partial charge in [0.1, 0.15) is 0 Å². The number of hydrogen-bond donors (Lipinski definition) is 1. The highest BCUT2D eigenvalue weighted by Gasteiger charge is 2.28. The van der Waals surface area contributed by atoms with Crippen LogP contribution in [-0.4, -0.2) is 30.0 Å². The Morgan fingerprint density at radius 2 is 1.91 bits per heavy atom. The number of aromatic amines is 1. The highest BCUT2D eigenvalue weighted by molar-refractivity contribution is 5.80. The van der Waals surface area contributed by atoms with Crippen molar-refractivity contribution in [1.82, 2.24) is 9.88 Å². The second-order valence-corrected chi connectivity index (χ2v) is 6.63. The van der Waals surface area contributed by atoms with Gasteiger partial charge in [0.15, 0.2) is 0 Å². The molecular weight excluding hydrogens is 268 g/mol. The Bertz CT molecular complexity index is 800. The fourth-order valence-corrected chi connectivity index (χ4v) is 3.79. The maximum absolute atomic E-state index is 3.35. The van der Waals surface area contributed by atoms with Crippen LogP contribution in [0, 0.1) is 0 Å². The molecule has 0 radical (unpaired) electrons. The lowest BCUT2D eigenvalue weighted by Gasteiger charge is -2.35. The molecule has 1 N–H and O–H groups in total. The Hall–Kier alpha value is -2.06. The van der Waals surface area contributed by atoms with Gasteiger partial charge >= 0.3 is 0 Å². The first-order valence-corrected chi connectivity index (χ1v) is 8.03. The van der Waals surface area contributed by atoms with E-state index in [0.29, 0.717) is 12.0 Å². The SMILES string of the molecule is CN(C)C1Cc2ccccc2C(c2ccc3cc[nH]c3c2)C1. The molecule has 0 saturated carbocycles. The van der Waals surface area contributed by atoms with Gasteiger partial charge in [-0.25, -0.2) is 0 Å². The molecule has 2 heteroatoms. The summed E-state index contributed by atoms with van der Waals surface area (Å²) < 4.78 is 0. The first kappa shape index (κ1) is 13.6. The van der Waals surface area contributed by atoms with Crippen molar-refractivity contribution in [3.8, 4) is 0 Å². The molecule has 4 rings (SSSR count). The van der Waals surface area contributed by atoms with Crippen LogP contribution in [0.25, 0.3) is 10.9 Å². The molecule has 3 aromatic rings. The van der Waals surface area contributed by atoms with Crippen molar-refractivity contribution in [2.45, 2.75) is 24.8 Å². The van der Waals surface area contributed by atoms with E-state index in [1.807, 2.05) is 6.20 Å². The lowest BCUT2D eigenvalue weighted by molar-refractivity contribution is 0.258. The fraction of sp³-hybridized carbons (Fsp3) is 0.300. The number of nitrogens with zero attached hydrogens (tertiary/aromatic N) is 1. The monoisotopic (exact) mass is 290 g/mol. The van der Waals surface area contributed by atoms with Gasteiger partial charge < -0.3 is 9.88 Å². The summed E-state index contributed by atoms with van der Waals surface area (Å²) in [6.45, 7) is 0. The summed E-state index contributed by atoms with van der Waals surface area (Å²) in [7, 11) is 4.40. The van der Waals surface area contributed by atoms with Crippen LogP contribution in [0.2, 0.25) is 0 Å². The summed E-state index contributed by atoms with van der Waals surface area (Å²) in [5, 5.41) is 1.29. The normalized spacial score (nSPS) is 21.2. The van der Waals surface area contributed by atoms with E-state index in [2.05, 4.69) is 72.5 Å². The molecule has 2 aromatic carbocycles. The Balaban J connectivity index is 1.81. The summed E-state index contributed by atoms with van der Waals surface area (Å²) in [6, 6.07) is 18.6. The van der Waals surface area contributed by atoms with Gasteiger partial charge in [0, 0.05) is 23.7 Å². The predicted octanol–water partition coefficient (Wildman–Crippen LogP) is 4.18. The number of nitrogens with one attached hydrogen (secondary N) is 1. The summed E-state index contributed by atoms with van der Waals surface area (Å²) in [4.78, 5) is 5.72. The van der Waals surface area contributed by atoms with Crippen LogP contribution >= 0.6 is 0 Å². The van der Waals surface area contributed by atoms with E-state index in [0.717, 1.165) is 6.42 Å². The van der Waals surface area contributed by atoms with E-state index in [1.54, 1.807) is 0 Å². The van der Waals surface area contributed by atoms with Crippen molar-refractivity contribution >= 4 is 10.9 Å². The van der Waals surface area contributed by atoms with E-state index in [9.17, 15) is 0 Å². The van der Waals surface area contributed by atoms with E-state index in [1.165, 1.54) is 34.0 Å². The molecule has 0 saturated heterocycles. The number of aromatic nitrogens is 1. The fourth-order valence-electron chi connectivity index (χ4n) is 3.79. The van der Waals surface area contributed by atoms with Gasteiger partial charge in [-0.15, -0.1) is 0 Å². The van der Waals surface area contributed by atoms with Crippen LogP contribution < -0.4 is 0 Å². The van der Waals surface area contributed by atoms with Gasteiger partial charge in [-0.2, -0.15) is 0 Å². The summed E-state index contributed by atoms with van der Waals surface area (Å²) in [5.41, 5.74) is 5.67. The molecule has 0 aliphatic heterocycles. The maximum Gasteiger partial charge on any atom is 0.0456 e. The zero-order valence-electron chi connectivity index (χ0n) is 13.2. The minimum Gasteiger partial charge on any atom is -0.361 e. The summed E-state index contributed by atoms with van der Waals surface area (Å²) >= 11 is 0. The van der Waals surface area contributed by atoms with E-state index < -0.39 is 0 Å². The minimum absolute atomic E-state index is 0.491. The van der Waals surface area contributed by atoms with Crippen molar-refractivity contribution in [2.75, 3.05) is 14.1 Å². The van der Waals surface area contributed by atoms with E-state index in [-0.39, 0.29) is 0 Å². The molecule has 22 heavy (non-hydrogen) atoms. The van der Waals surface area contributed by atoms with Crippen molar-refractivity contribution < 1.29 is 0 Å². The summed E-state index contributed by atoms with van der Waals surface area (Å²) in [6.07, 6.45) is 4.37. The van der Waals surface area contributed by atoms with Crippen LogP contribution in [0.3, 0.4) is 0 Å². The quantitative estimate of drug-likeness (QED) is 0.750. The van der Waals surface area contributed by atoms with Crippen LogP contribution in [0.4, 0.5) is 0 Å². The van der Waals surface area contributed by atoms with Gasteiger partial charge in [0.2, 0.25) is 0 Å². The van der Waals surface area contributed by atoms with Crippen LogP contribution in [-0.2, 0) is 6.42 Å². The molecule has 1 aliphatic carbocycles. The Kier molecular flexibility index (Phi) is 3.27. The second-order valence-electron chi connectivity index (χ2n) is 6.63. The largest absolute Gasteiger partial charge is 0.361 e.